The first-order valence-electron chi connectivity index (χ1n) is 7.66. The van der Waals surface area contributed by atoms with Crippen LogP contribution in [-0.4, -0.2) is 31.8 Å². The number of nitro benzene ring substituents is 1. The van der Waals surface area contributed by atoms with E-state index in [1.54, 1.807) is 24.3 Å². The van der Waals surface area contributed by atoms with Gasteiger partial charge in [-0.2, -0.15) is 14.9 Å². The van der Waals surface area contributed by atoms with E-state index in [1.807, 2.05) is 0 Å². The average molecular weight is 383 g/mol. The van der Waals surface area contributed by atoms with Crippen molar-refractivity contribution in [2.24, 2.45) is 10.2 Å². The van der Waals surface area contributed by atoms with Crippen LogP contribution in [0.4, 0.5) is 5.69 Å². The summed E-state index contributed by atoms with van der Waals surface area (Å²) in [6.45, 7) is 1.35. The fourth-order valence-corrected chi connectivity index (χ4v) is 2.90. The Morgan fingerprint density at radius 1 is 1.26 bits per heavy atom. The summed E-state index contributed by atoms with van der Waals surface area (Å²) in [7, 11) is 0. The maximum absolute atomic E-state index is 11.7. The van der Waals surface area contributed by atoms with Crippen molar-refractivity contribution in [3.05, 3.63) is 74.0 Å². The van der Waals surface area contributed by atoms with Crippen molar-refractivity contribution in [3.8, 4) is 11.4 Å². The van der Waals surface area contributed by atoms with Crippen molar-refractivity contribution in [1.29, 1.82) is 0 Å². The smallest absolute Gasteiger partial charge is 0.294 e. The lowest BCUT2D eigenvalue weighted by molar-refractivity contribution is -0.384. The number of Topliss-reactive ketones (excluding diaryl/α,β-unsaturated/α-hetero) is 1. The number of hydrogen-bond donors (Lipinski definition) is 1. The van der Waals surface area contributed by atoms with E-state index in [-0.39, 0.29) is 32.7 Å². The van der Waals surface area contributed by atoms with Gasteiger partial charge in [-0.3, -0.25) is 14.9 Å². The minimum Gasteiger partial charge on any atom is -0.508 e. The lowest BCUT2D eigenvalue weighted by atomic mass is 10.2. The van der Waals surface area contributed by atoms with Gasteiger partial charge in [0.15, 0.2) is 10.8 Å². The summed E-state index contributed by atoms with van der Waals surface area (Å²) in [6, 6.07) is 12.4. The average Bonchev–Trinajstić information content (AvgIpc) is 3.08. The number of ketones is 1. The first kappa shape index (κ1) is 18.1. The number of nitro groups is 1. The van der Waals surface area contributed by atoms with Crippen LogP contribution >= 0.6 is 11.3 Å². The molecule has 3 aromatic rings. The number of rotatable bonds is 5. The number of nitrogens with zero attached hydrogens (tertiary/aromatic N) is 5. The summed E-state index contributed by atoms with van der Waals surface area (Å²) < 4.78 is 1.23. The van der Waals surface area contributed by atoms with Crippen LogP contribution in [0.15, 0.2) is 58.7 Å². The number of aromatic nitrogens is 2. The molecule has 0 amide bonds. The highest BCUT2D eigenvalue weighted by Gasteiger charge is 2.18. The molecule has 0 saturated carbocycles. The molecule has 0 spiro atoms. The maximum atomic E-state index is 11.7. The summed E-state index contributed by atoms with van der Waals surface area (Å²) in [5.41, 5.74) is 0.719. The molecule has 0 aliphatic rings. The number of phenols is 1. The van der Waals surface area contributed by atoms with Crippen LogP contribution in [0.1, 0.15) is 22.3 Å². The second-order valence-corrected chi connectivity index (χ2v) is 6.30. The molecular formula is C17H13N5O4S. The van der Waals surface area contributed by atoms with Crippen molar-refractivity contribution in [3.63, 3.8) is 0 Å². The summed E-state index contributed by atoms with van der Waals surface area (Å²) >= 11 is 0.980. The first-order valence-corrected chi connectivity index (χ1v) is 8.48. The quantitative estimate of drug-likeness (QED) is 0.314. The van der Waals surface area contributed by atoms with E-state index in [1.165, 1.54) is 42.1 Å². The number of phenolic OH excluding ortho intramolecular Hbond substituents is 1. The lowest BCUT2D eigenvalue weighted by Gasteiger charge is -2.01. The van der Waals surface area contributed by atoms with Gasteiger partial charge in [0.1, 0.15) is 11.4 Å². The van der Waals surface area contributed by atoms with Gasteiger partial charge in [-0.05, 0) is 35.9 Å². The molecule has 1 N–H and O–H groups in total. The molecule has 3 rings (SSSR count). The minimum atomic E-state index is -0.529. The Bertz CT molecular complexity index is 1100. The molecule has 9 nitrogen and oxygen atoms in total. The minimum absolute atomic E-state index is 0.131. The predicted molar refractivity (Wildman–Crippen MR) is 99.4 cm³/mol. The fourth-order valence-electron chi connectivity index (χ4n) is 2.15. The standard InChI is InChI=1S/C17H13N5O4S/c1-11(23)16-20-21(14-4-2-3-5-15(14)22(25)26)17(27-16)19-18-10-12-6-8-13(24)9-7-12/h2-10,24H,1H3/b18-10+,19-17?. The van der Waals surface area contributed by atoms with Crippen LogP contribution in [0.2, 0.25) is 0 Å². The predicted octanol–water partition coefficient (Wildman–Crippen LogP) is 2.69. The summed E-state index contributed by atoms with van der Waals surface area (Å²) in [5, 5.41) is 32.9. The van der Waals surface area contributed by atoms with E-state index in [9.17, 15) is 20.0 Å². The number of carbonyl (C=O) groups excluding carboxylic acids is 1. The molecule has 0 aliphatic carbocycles. The SMILES string of the molecule is CC(=O)c1nn(-c2ccccc2[N+](=O)[O-])c(=N/N=C/c2ccc(O)cc2)s1. The van der Waals surface area contributed by atoms with Gasteiger partial charge in [0.05, 0.1) is 11.1 Å². The number of aromatic hydroxyl groups is 1. The van der Waals surface area contributed by atoms with Crippen LogP contribution in [0.5, 0.6) is 5.75 Å². The molecule has 2 aromatic carbocycles. The Kier molecular flexibility index (Phi) is 5.18. The molecule has 0 unspecified atom stereocenters. The Hall–Kier alpha value is -3.66. The normalized spacial score (nSPS) is 11.8. The van der Waals surface area contributed by atoms with E-state index in [0.29, 0.717) is 5.56 Å². The topological polar surface area (TPSA) is 123 Å². The monoisotopic (exact) mass is 383 g/mol. The Labute approximate surface area is 156 Å². The van der Waals surface area contributed by atoms with Gasteiger partial charge in [0.2, 0.25) is 4.80 Å². The number of carbonyl (C=O) groups is 1. The van der Waals surface area contributed by atoms with E-state index >= 15 is 0 Å². The van der Waals surface area contributed by atoms with E-state index in [0.717, 1.165) is 11.3 Å². The number of para-hydroxylation sites is 2. The van der Waals surface area contributed by atoms with Crippen molar-refractivity contribution in [1.82, 2.24) is 9.78 Å². The van der Waals surface area contributed by atoms with Crippen molar-refractivity contribution >= 4 is 29.0 Å². The highest BCUT2D eigenvalue weighted by atomic mass is 32.1. The zero-order valence-corrected chi connectivity index (χ0v) is 14.8. The Balaban J connectivity index is 2.09. The zero-order chi connectivity index (χ0) is 19.4. The van der Waals surface area contributed by atoms with Crippen molar-refractivity contribution in [2.75, 3.05) is 0 Å². The van der Waals surface area contributed by atoms with Crippen molar-refractivity contribution < 1.29 is 14.8 Å². The van der Waals surface area contributed by atoms with E-state index in [2.05, 4.69) is 15.3 Å². The third kappa shape index (κ3) is 4.12. The second-order valence-electron chi connectivity index (χ2n) is 5.34. The number of hydrogen-bond acceptors (Lipinski definition) is 8. The van der Waals surface area contributed by atoms with Gasteiger partial charge in [0.25, 0.3) is 5.69 Å². The first-order chi connectivity index (χ1) is 13.0. The number of benzene rings is 2. The fraction of sp³-hybridized carbons (Fsp3) is 0.0588. The van der Waals surface area contributed by atoms with Gasteiger partial charge in [-0.25, -0.2) is 0 Å². The van der Waals surface area contributed by atoms with Crippen LogP contribution in [0, 0.1) is 10.1 Å². The second kappa shape index (κ2) is 7.70. The van der Waals surface area contributed by atoms with Crippen LogP contribution in [0.3, 0.4) is 0 Å². The molecule has 0 aliphatic heterocycles. The van der Waals surface area contributed by atoms with Crippen LogP contribution in [-0.2, 0) is 0 Å². The Morgan fingerprint density at radius 3 is 2.63 bits per heavy atom. The van der Waals surface area contributed by atoms with E-state index in [4.69, 9.17) is 0 Å². The third-order valence-electron chi connectivity index (χ3n) is 3.41. The molecule has 136 valence electrons. The molecule has 27 heavy (non-hydrogen) atoms. The van der Waals surface area contributed by atoms with Gasteiger partial charge >= 0.3 is 0 Å². The summed E-state index contributed by atoms with van der Waals surface area (Å²) in [4.78, 5) is 22.7. The van der Waals surface area contributed by atoms with Crippen molar-refractivity contribution in [2.45, 2.75) is 6.92 Å². The van der Waals surface area contributed by atoms with Crippen LogP contribution < -0.4 is 4.80 Å². The largest absolute Gasteiger partial charge is 0.508 e. The van der Waals surface area contributed by atoms with Gasteiger partial charge < -0.3 is 5.11 Å². The highest BCUT2D eigenvalue weighted by Crippen LogP contribution is 2.21. The molecule has 0 fully saturated rings. The molecular weight excluding hydrogens is 370 g/mol. The van der Waals surface area contributed by atoms with Gasteiger partial charge in [-0.15, -0.1) is 5.10 Å². The molecule has 1 aromatic heterocycles. The molecule has 10 heteroatoms. The summed E-state index contributed by atoms with van der Waals surface area (Å²) in [6.07, 6.45) is 1.45. The molecule has 0 radical (unpaired) electrons. The van der Waals surface area contributed by atoms with Gasteiger partial charge in [-0.1, -0.05) is 23.5 Å². The maximum Gasteiger partial charge on any atom is 0.294 e. The lowest BCUT2D eigenvalue weighted by Crippen LogP contribution is -2.15. The molecule has 1 heterocycles. The zero-order valence-electron chi connectivity index (χ0n) is 14.0. The van der Waals surface area contributed by atoms with Gasteiger partial charge in [0, 0.05) is 13.0 Å². The van der Waals surface area contributed by atoms with Crippen LogP contribution in [0.25, 0.3) is 5.69 Å². The van der Waals surface area contributed by atoms with E-state index < -0.39 is 4.92 Å². The molecule has 0 saturated heterocycles. The third-order valence-corrected chi connectivity index (χ3v) is 4.41. The molecule has 0 bridgehead atoms. The molecule has 0 atom stereocenters. The summed E-state index contributed by atoms with van der Waals surface area (Å²) in [5.74, 6) is -0.150. The highest BCUT2D eigenvalue weighted by molar-refractivity contribution is 7.10. The Morgan fingerprint density at radius 2 is 1.96 bits per heavy atom.